The van der Waals surface area contributed by atoms with E-state index in [0.29, 0.717) is 17.2 Å². The summed E-state index contributed by atoms with van der Waals surface area (Å²) in [5, 5.41) is 4.50. The van der Waals surface area contributed by atoms with Crippen molar-refractivity contribution in [2.75, 3.05) is 18.1 Å². The van der Waals surface area contributed by atoms with E-state index in [9.17, 15) is 18.6 Å². The number of aldehydes is 1. The number of piperidine rings is 1. The fraction of sp³-hybridized carbons (Fsp3) is 0.462. The van der Waals surface area contributed by atoms with Crippen LogP contribution >= 0.6 is 23.2 Å². The lowest BCUT2D eigenvalue weighted by Gasteiger charge is -2.49. The van der Waals surface area contributed by atoms with Gasteiger partial charge in [0.15, 0.2) is 5.78 Å². The SMILES string of the molecule is CC(C)C(CS(=O)C(C)C)N1C(=O)[C@@](C)(CC=O)CCC1c1ccc(Cl)cc1.CNc1ccc(C(=O)C(C)C)cc1.Clc1ccccc1. The van der Waals surface area contributed by atoms with Crippen molar-refractivity contribution in [3.8, 4) is 0 Å². The third-order valence-electron chi connectivity index (χ3n) is 8.55. The molecule has 6 nitrogen and oxygen atoms in total. The van der Waals surface area contributed by atoms with Crippen LogP contribution in [0.5, 0.6) is 0 Å². The van der Waals surface area contributed by atoms with Crippen molar-refractivity contribution in [3.63, 3.8) is 0 Å². The van der Waals surface area contributed by atoms with Gasteiger partial charge in [-0.25, -0.2) is 0 Å². The van der Waals surface area contributed by atoms with Crippen molar-refractivity contribution >= 4 is 57.7 Å². The molecule has 1 fully saturated rings. The molecular formula is C39H52Cl2N2O4S. The van der Waals surface area contributed by atoms with Crippen LogP contribution in [0.4, 0.5) is 5.69 Å². The van der Waals surface area contributed by atoms with E-state index in [1.165, 1.54) is 0 Å². The van der Waals surface area contributed by atoms with Crippen molar-refractivity contribution in [1.82, 2.24) is 4.90 Å². The van der Waals surface area contributed by atoms with Gasteiger partial charge in [-0.2, -0.15) is 0 Å². The van der Waals surface area contributed by atoms with Crippen LogP contribution in [0.25, 0.3) is 0 Å². The number of halogens is 2. The van der Waals surface area contributed by atoms with Crippen LogP contribution in [0.2, 0.25) is 10.0 Å². The number of rotatable bonds is 11. The zero-order valence-corrected chi connectivity index (χ0v) is 31.9. The summed E-state index contributed by atoms with van der Waals surface area (Å²) >= 11 is 11.6. The van der Waals surface area contributed by atoms with E-state index in [1.807, 2.05) is 125 Å². The molecule has 1 aliphatic heterocycles. The number of carbonyl (C=O) groups is 3. The molecule has 1 N–H and O–H groups in total. The maximum atomic E-state index is 13.6. The number of ketones is 1. The molecule has 0 aliphatic carbocycles. The minimum absolute atomic E-state index is 0.00902. The molecule has 1 aliphatic rings. The second kappa shape index (κ2) is 19.9. The number of benzene rings is 3. The fourth-order valence-corrected chi connectivity index (χ4v) is 6.96. The lowest BCUT2D eigenvalue weighted by Crippen LogP contribution is -2.56. The minimum Gasteiger partial charge on any atom is -0.388 e. The number of anilines is 1. The molecular weight excluding hydrogens is 663 g/mol. The molecule has 1 saturated heterocycles. The van der Waals surface area contributed by atoms with Crippen molar-refractivity contribution < 1.29 is 18.6 Å². The molecule has 0 saturated carbocycles. The second-order valence-electron chi connectivity index (χ2n) is 13.3. The minimum atomic E-state index is -1.03. The molecule has 0 bridgehead atoms. The number of nitrogens with zero attached hydrogens (tertiary/aromatic N) is 1. The maximum absolute atomic E-state index is 13.6. The van der Waals surface area contributed by atoms with Crippen molar-refractivity contribution in [2.24, 2.45) is 17.3 Å². The molecule has 3 unspecified atom stereocenters. The maximum Gasteiger partial charge on any atom is 0.229 e. The molecule has 0 radical (unpaired) electrons. The van der Waals surface area contributed by atoms with Gasteiger partial charge in [0.25, 0.3) is 0 Å². The van der Waals surface area contributed by atoms with Crippen LogP contribution in [0.15, 0.2) is 78.9 Å². The Labute approximate surface area is 300 Å². The predicted octanol–water partition coefficient (Wildman–Crippen LogP) is 9.69. The summed E-state index contributed by atoms with van der Waals surface area (Å²) in [6.07, 6.45) is 2.49. The van der Waals surface area contributed by atoms with Crippen LogP contribution in [0, 0.1) is 17.3 Å². The molecule has 48 heavy (non-hydrogen) atoms. The summed E-state index contributed by atoms with van der Waals surface area (Å²) in [5.74, 6) is 0.857. The van der Waals surface area contributed by atoms with Gasteiger partial charge in [0.2, 0.25) is 5.91 Å². The number of nitrogens with one attached hydrogen (secondary N) is 1. The number of likely N-dealkylation sites (tertiary alicyclic amines) is 1. The van der Waals surface area contributed by atoms with E-state index in [4.69, 9.17) is 23.2 Å². The summed E-state index contributed by atoms with van der Waals surface area (Å²) < 4.78 is 12.7. The average Bonchev–Trinajstić information content (AvgIpc) is 3.06. The molecule has 1 heterocycles. The number of Topliss-reactive ketones (excluding diaryl/α,β-unsaturated/α-hetero) is 1. The zero-order valence-electron chi connectivity index (χ0n) is 29.5. The summed E-state index contributed by atoms with van der Waals surface area (Å²) in [4.78, 5) is 38.3. The first-order chi connectivity index (χ1) is 22.6. The largest absolute Gasteiger partial charge is 0.388 e. The van der Waals surface area contributed by atoms with Gasteiger partial charge in [-0.3, -0.25) is 13.8 Å². The molecule has 0 spiro atoms. The number of hydrogen-bond donors (Lipinski definition) is 1. The van der Waals surface area contributed by atoms with Gasteiger partial charge in [-0.15, -0.1) is 0 Å². The molecule has 9 heteroatoms. The van der Waals surface area contributed by atoms with Crippen LogP contribution in [-0.2, 0) is 20.4 Å². The Bertz CT molecular complexity index is 1460. The van der Waals surface area contributed by atoms with Crippen molar-refractivity contribution in [3.05, 3.63) is 100 Å². The van der Waals surface area contributed by atoms with E-state index in [2.05, 4.69) is 19.2 Å². The number of amides is 1. The Morgan fingerprint density at radius 3 is 1.94 bits per heavy atom. The van der Waals surface area contributed by atoms with Gasteiger partial charge in [-0.05, 0) is 72.9 Å². The highest BCUT2D eigenvalue weighted by molar-refractivity contribution is 7.85. The first-order valence-electron chi connectivity index (χ1n) is 16.6. The highest BCUT2D eigenvalue weighted by Crippen LogP contribution is 2.44. The van der Waals surface area contributed by atoms with Crippen LogP contribution in [-0.4, -0.2) is 51.2 Å². The van der Waals surface area contributed by atoms with E-state index in [-0.39, 0.29) is 47.3 Å². The lowest BCUT2D eigenvalue weighted by molar-refractivity contribution is -0.155. The normalized spacial score (nSPS) is 18.7. The molecule has 4 rings (SSSR count). The first kappa shape index (κ1) is 41.2. The van der Waals surface area contributed by atoms with Gasteiger partial charge in [0, 0.05) is 68.5 Å². The highest BCUT2D eigenvalue weighted by atomic mass is 35.5. The summed E-state index contributed by atoms with van der Waals surface area (Å²) in [6.45, 7) is 13.7. The average molecular weight is 716 g/mol. The third-order valence-corrected chi connectivity index (χ3v) is 10.8. The first-order valence-corrected chi connectivity index (χ1v) is 18.7. The van der Waals surface area contributed by atoms with Gasteiger partial charge < -0.3 is 15.0 Å². The fourth-order valence-electron chi connectivity index (χ4n) is 5.43. The van der Waals surface area contributed by atoms with Gasteiger partial charge in [0.05, 0.1) is 11.5 Å². The van der Waals surface area contributed by atoms with E-state index in [0.717, 1.165) is 34.5 Å². The molecule has 4 atom stereocenters. The molecule has 3 aromatic carbocycles. The zero-order chi connectivity index (χ0) is 36.0. The lowest BCUT2D eigenvalue weighted by atomic mass is 9.74. The molecule has 1 amide bonds. The van der Waals surface area contributed by atoms with Gasteiger partial charge >= 0.3 is 0 Å². The van der Waals surface area contributed by atoms with Crippen molar-refractivity contribution in [2.45, 2.75) is 85.1 Å². The standard InChI is InChI=1S/C22H32ClNO3S.C11H15NO.C6H5Cl/c1-15(2)20(14-28(27)16(3)4)24-19(17-6-8-18(23)9-7-17)10-11-22(5,12-13-25)21(24)26;1-8(2)11(13)9-4-6-10(12-3)7-5-9;7-6-4-2-1-3-5-6/h6-9,13,15-16,19-20H,10-12,14H2,1-5H3;4-8,12H,1-3H3;1-5H/t19?,20?,22-,28?;;/m1../s1. The highest BCUT2D eigenvalue weighted by Gasteiger charge is 2.47. The van der Waals surface area contributed by atoms with Gasteiger partial charge in [0.1, 0.15) is 6.29 Å². The Morgan fingerprint density at radius 2 is 1.50 bits per heavy atom. The molecule has 3 aromatic rings. The van der Waals surface area contributed by atoms with E-state index < -0.39 is 16.2 Å². The number of carbonyl (C=O) groups excluding carboxylic acids is 3. The Kier molecular flexibility index (Phi) is 17.0. The second-order valence-corrected chi connectivity index (χ2v) is 16.2. The molecule has 0 aromatic heterocycles. The van der Waals surface area contributed by atoms with Crippen molar-refractivity contribution in [1.29, 1.82) is 0 Å². The summed E-state index contributed by atoms with van der Waals surface area (Å²) in [5.41, 5.74) is 2.15. The quantitative estimate of drug-likeness (QED) is 0.158. The number of hydrogen-bond acceptors (Lipinski definition) is 5. The van der Waals surface area contributed by atoms with E-state index >= 15 is 0 Å². The predicted molar refractivity (Wildman–Crippen MR) is 202 cm³/mol. The topological polar surface area (TPSA) is 83.6 Å². The Balaban J connectivity index is 0.000000325. The molecule has 262 valence electrons. The van der Waals surface area contributed by atoms with Gasteiger partial charge in [-0.1, -0.05) is 102 Å². The monoisotopic (exact) mass is 714 g/mol. The Hall–Kier alpha value is -3.00. The van der Waals surface area contributed by atoms with Crippen LogP contribution < -0.4 is 5.32 Å². The van der Waals surface area contributed by atoms with Crippen LogP contribution in [0.3, 0.4) is 0 Å². The Morgan fingerprint density at radius 1 is 0.938 bits per heavy atom. The summed E-state index contributed by atoms with van der Waals surface area (Å²) in [6, 6.07) is 24.3. The van der Waals surface area contributed by atoms with Crippen LogP contribution in [0.1, 0.15) is 89.7 Å². The third kappa shape index (κ3) is 12.2. The summed E-state index contributed by atoms with van der Waals surface area (Å²) in [7, 11) is 0.833. The van der Waals surface area contributed by atoms with E-state index in [1.54, 1.807) is 0 Å². The smallest absolute Gasteiger partial charge is 0.229 e.